The van der Waals surface area contributed by atoms with Crippen molar-refractivity contribution >= 4 is 31.6 Å². The van der Waals surface area contributed by atoms with Gasteiger partial charge in [-0.3, -0.25) is 4.79 Å². The maximum absolute atomic E-state index is 11.9. The van der Waals surface area contributed by atoms with Crippen LogP contribution in [0.1, 0.15) is 15.9 Å². The van der Waals surface area contributed by atoms with E-state index in [1.165, 1.54) is 0 Å². The highest BCUT2D eigenvalue weighted by Gasteiger charge is 2.23. The van der Waals surface area contributed by atoms with Gasteiger partial charge in [-0.05, 0) is 17.7 Å². The van der Waals surface area contributed by atoms with Crippen molar-refractivity contribution in [2.45, 2.75) is 6.42 Å². The number of carbonyl (C=O) groups is 1. The minimum atomic E-state index is -3.32. The highest BCUT2D eigenvalue weighted by Crippen LogP contribution is 2.33. The van der Waals surface area contributed by atoms with Crippen LogP contribution in [0.15, 0.2) is 16.6 Å². The number of hydrogen-bond donors (Lipinski definition) is 0. The first-order valence-corrected chi connectivity index (χ1v) is 7.88. The SMILES string of the molecule is CS(=O)(=O)CC(=O)c1cc(Br)cc2c1OCC2. The van der Waals surface area contributed by atoms with Crippen molar-refractivity contribution in [1.29, 1.82) is 0 Å². The summed E-state index contributed by atoms with van der Waals surface area (Å²) in [4.78, 5) is 11.9. The van der Waals surface area contributed by atoms with Crippen molar-refractivity contribution < 1.29 is 17.9 Å². The molecule has 1 aliphatic heterocycles. The van der Waals surface area contributed by atoms with E-state index in [9.17, 15) is 13.2 Å². The van der Waals surface area contributed by atoms with Crippen LogP contribution in [-0.4, -0.2) is 32.8 Å². The lowest BCUT2D eigenvalue weighted by Gasteiger charge is -2.07. The van der Waals surface area contributed by atoms with Crippen LogP contribution in [0, 0.1) is 0 Å². The highest BCUT2D eigenvalue weighted by atomic mass is 79.9. The molecular weight excluding hydrogens is 308 g/mol. The molecule has 0 radical (unpaired) electrons. The van der Waals surface area contributed by atoms with E-state index in [1.807, 2.05) is 6.07 Å². The van der Waals surface area contributed by atoms with Crippen LogP contribution in [0.5, 0.6) is 5.75 Å². The van der Waals surface area contributed by atoms with Gasteiger partial charge in [-0.1, -0.05) is 15.9 Å². The Morgan fingerprint density at radius 3 is 2.82 bits per heavy atom. The number of Topliss-reactive ketones (excluding diaryl/α,β-unsaturated/α-hetero) is 1. The fourth-order valence-corrected chi connectivity index (χ4v) is 2.93. The lowest BCUT2D eigenvalue weighted by Crippen LogP contribution is -2.15. The maximum Gasteiger partial charge on any atom is 0.181 e. The van der Waals surface area contributed by atoms with Gasteiger partial charge >= 0.3 is 0 Å². The fraction of sp³-hybridized carbons (Fsp3) is 0.364. The van der Waals surface area contributed by atoms with Crippen molar-refractivity contribution in [2.75, 3.05) is 18.6 Å². The molecule has 0 atom stereocenters. The Labute approximate surface area is 108 Å². The summed E-state index contributed by atoms with van der Waals surface area (Å²) in [7, 11) is -3.32. The summed E-state index contributed by atoms with van der Waals surface area (Å²) in [5.74, 6) is -0.381. The van der Waals surface area contributed by atoms with Crippen molar-refractivity contribution in [1.82, 2.24) is 0 Å². The van der Waals surface area contributed by atoms with Gasteiger partial charge in [0.05, 0.1) is 12.2 Å². The molecule has 0 spiro atoms. The van der Waals surface area contributed by atoms with E-state index in [0.29, 0.717) is 17.9 Å². The largest absolute Gasteiger partial charge is 0.492 e. The molecule has 0 saturated heterocycles. The molecule has 0 fully saturated rings. The molecule has 0 saturated carbocycles. The number of carbonyl (C=O) groups excluding carboxylic acids is 1. The Kier molecular flexibility index (Phi) is 3.27. The van der Waals surface area contributed by atoms with Gasteiger partial charge in [-0.2, -0.15) is 0 Å². The number of ether oxygens (including phenoxy) is 1. The van der Waals surface area contributed by atoms with Crippen LogP contribution in [0.2, 0.25) is 0 Å². The summed E-state index contributed by atoms with van der Waals surface area (Å²) >= 11 is 3.31. The topological polar surface area (TPSA) is 60.4 Å². The van der Waals surface area contributed by atoms with Gasteiger partial charge in [-0.25, -0.2) is 8.42 Å². The first kappa shape index (κ1) is 12.6. The standard InChI is InChI=1S/C11H11BrO4S/c1-17(14,15)6-10(13)9-5-8(12)4-7-2-3-16-11(7)9/h4-5H,2-3,6H2,1H3. The van der Waals surface area contributed by atoms with E-state index in [4.69, 9.17) is 4.74 Å². The third-order valence-corrected chi connectivity index (χ3v) is 3.69. The Hall–Kier alpha value is -0.880. The lowest BCUT2D eigenvalue weighted by atomic mass is 10.1. The molecule has 0 aliphatic carbocycles. The fourth-order valence-electron chi connectivity index (χ4n) is 1.79. The summed E-state index contributed by atoms with van der Waals surface area (Å²) < 4.78 is 28.4. The first-order valence-electron chi connectivity index (χ1n) is 5.03. The number of hydrogen-bond acceptors (Lipinski definition) is 4. The van der Waals surface area contributed by atoms with Crippen LogP contribution in [-0.2, 0) is 16.3 Å². The monoisotopic (exact) mass is 318 g/mol. The van der Waals surface area contributed by atoms with Gasteiger partial charge < -0.3 is 4.74 Å². The zero-order chi connectivity index (χ0) is 12.6. The van der Waals surface area contributed by atoms with E-state index in [0.717, 1.165) is 22.7 Å². The molecule has 0 bridgehead atoms. The maximum atomic E-state index is 11.9. The molecule has 2 rings (SSSR count). The number of ketones is 1. The number of halogens is 1. The Bertz CT molecular complexity index is 577. The van der Waals surface area contributed by atoms with Crippen LogP contribution < -0.4 is 4.74 Å². The van der Waals surface area contributed by atoms with Gasteiger partial charge in [0, 0.05) is 17.1 Å². The minimum Gasteiger partial charge on any atom is -0.492 e. The van der Waals surface area contributed by atoms with Crippen LogP contribution >= 0.6 is 15.9 Å². The van der Waals surface area contributed by atoms with E-state index in [1.54, 1.807) is 6.07 Å². The van der Waals surface area contributed by atoms with E-state index >= 15 is 0 Å². The van der Waals surface area contributed by atoms with E-state index in [2.05, 4.69) is 15.9 Å². The molecule has 1 aromatic carbocycles. The van der Waals surface area contributed by atoms with E-state index < -0.39 is 21.4 Å². The molecular formula is C11H11BrO4S. The van der Waals surface area contributed by atoms with Crippen molar-refractivity contribution in [3.05, 3.63) is 27.7 Å². The lowest BCUT2D eigenvalue weighted by molar-refractivity contribution is 0.101. The molecule has 6 heteroatoms. The van der Waals surface area contributed by atoms with Crippen molar-refractivity contribution in [3.63, 3.8) is 0 Å². The summed E-state index contributed by atoms with van der Waals surface area (Å²) in [6, 6.07) is 3.50. The highest BCUT2D eigenvalue weighted by molar-refractivity contribution is 9.10. The molecule has 1 aromatic rings. The molecule has 0 amide bonds. The predicted molar refractivity (Wildman–Crippen MR) is 67.4 cm³/mol. The van der Waals surface area contributed by atoms with Gasteiger partial charge in [0.15, 0.2) is 15.6 Å². The Balaban J connectivity index is 2.42. The predicted octanol–water partition coefficient (Wildman–Crippen LogP) is 1.61. The number of rotatable bonds is 3. The summed E-state index contributed by atoms with van der Waals surface area (Å²) in [5, 5.41) is 0. The second kappa shape index (κ2) is 4.42. The quantitative estimate of drug-likeness (QED) is 0.794. The Morgan fingerprint density at radius 2 is 2.18 bits per heavy atom. The third kappa shape index (κ3) is 2.87. The van der Waals surface area contributed by atoms with Crippen LogP contribution in [0.4, 0.5) is 0 Å². The summed E-state index contributed by atoms with van der Waals surface area (Å²) in [5.41, 5.74) is 1.29. The van der Waals surface area contributed by atoms with E-state index in [-0.39, 0.29) is 0 Å². The summed E-state index contributed by atoms with van der Waals surface area (Å²) in [6.07, 6.45) is 1.79. The molecule has 1 heterocycles. The second-order valence-corrected chi connectivity index (χ2v) is 7.09. The third-order valence-electron chi connectivity index (χ3n) is 2.44. The normalized spacial score (nSPS) is 14.2. The van der Waals surface area contributed by atoms with Gasteiger partial charge in [-0.15, -0.1) is 0 Å². The average molecular weight is 319 g/mol. The smallest absolute Gasteiger partial charge is 0.181 e. The summed E-state index contributed by atoms with van der Waals surface area (Å²) in [6.45, 7) is 0.533. The van der Waals surface area contributed by atoms with Gasteiger partial charge in [0.2, 0.25) is 0 Å². The molecule has 0 N–H and O–H groups in total. The average Bonchev–Trinajstić information content (AvgIpc) is 2.60. The minimum absolute atomic E-state index is 0.345. The van der Waals surface area contributed by atoms with Crippen molar-refractivity contribution in [2.24, 2.45) is 0 Å². The van der Waals surface area contributed by atoms with Crippen LogP contribution in [0.3, 0.4) is 0 Å². The Morgan fingerprint density at radius 1 is 1.47 bits per heavy atom. The van der Waals surface area contributed by atoms with Gasteiger partial charge in [0.1, 0.15) is 11.5 Å². The van der Waals surface area contributed by atoms with Crippen LogP contribution in [0.25, 0.3) is 0 Å². The number of benzene rings is 1. The molecule has 1 aliphatic rings. The zero-order valence-corrected chi connectivity index (χ0v) is 11.6. The molecule has 92 valence electrons. The number of sulfone groups is 1. The zero-order valence-electron chi connectivity index (χ0n) is 9.20. The molecule has 4 nitrogen and oxygen atoms in total. The van der Waals surface area contributed by atoms with Crippen molar-refractivity contribution in [3.8, 4) is 5.75 Å². The molecule has 17 heavy (non-hydrogen) atoms. The second-order valence-electron chi connectivity index (χ2n) is 4.03. The first-order chi connectivity index (χ1) is 7.87. The van der Waals surface area contributed by atoms with Gasteiger partial charge in [0.25, 0.3) is 0 Å². The number of fused-ring (bicyclic) bond motifs is 1. The molecule has 0 unspecified atom stereocenters. The molecule has 0 aromatic heterocycles.